The lowest BCUT2D eigenvalue weighted by atomic mass is 10.1. The van der Waals surface area contributed by atoms with Gasteiger partial charge in [-0.3, -0.25) is 0 Å². The molecule has 0 bridgehead atoms. The van der Waals surface area contributed by atoms with Crippen LogP contribution >= 0.6 is 0 Å². The van der Waals surface area contributed by atoms with Gasteiger partial charge in [-0.25, -0.2) is 0 Å². The van der Waals surface area contributed by atoms with E-state index >= 15 is 0 Å². The van der Waals surface area contributed by atoms with Gasteiger partial charge in [0.1, 0.15) is 0 Å². The number of rotatable bonds is 16. The predicted octanol–water partition coefficient (Wildman–Crippen LogP) is 8.31. The summed E-state index contributed by atoms with van der Waals surface area (Å²) < 4.78 is 5.62. The van der Waals surface area contributed by atoms with E-state index in [2.05, 4.69) is 27.7 Å². The zero-order chi connectivity index (χ0) is 17.2. The lowest BCUT2D eigenvalue weighted by Crippen LogP contribution is -1.84. The number of ether oxygens (including phenoxy) is 1. The monoisotopic (exact) mass is 322 g/mol. The first-order valence-corrected chi connectivity index (χ1v) is 10.2. The van der Waals surface area contributed by atoms with Crippen molar-refractivity contribution in [2.24, 2.45) is 0 Å². The third-order valence-electron chi connectivity index (χ3n) is 4.39. The van der Waals surface area contributed by atoms with Gasteiger partial charge in [-0.1, -0.05) is 78.1 Å². The molecule has 0 radical (unpaired) electrons. The van der Waals surface area contributed by atoms with Gasteiger partial charge in [-0.2, -0.15) is 0 Å². The molecule has 0 fully saturated rings. The number of unbranched alkanes of at least 4 members (excludes halogenated alkanes) is 10. The van der Waals surface area contributed by atoms with Crippen molar-refractivity contribution < 1.29 is 4.74 Å². The van der Waals surface area contributed by atoms with Crippen molar-refractivity contribution in [1.82, 2.24) is 0 Å². The molecular weight excluding hydrogens is 280 g/mol. The highest BCUT2D eigenvalue weighted by atomic mass is 16.5. The molecule has 0 aliphatic rings. The fourth-order valence-electron chi connectivity index (χ4n) is 2.75. The van der Waals surface area contributed by atoms with Crippen LogP contribution in [0.3, 0.4) is 0 Å². The SMILES string of the molecule is CCCCCCCC/C(C)=C/O/C=C(\C)CCCCCCCC. The molecule has 0 aliphatic carbocycles. The van der Waals surface area contributed by atoms with Gasteiger partial charge in [0.05, 0.1) is 12.5 Å². The molecule has 0 saturated carbocycles. The third kappa shape index (κ3) is 17.5. The summed E-state index contributed by atoms with van der Waals surface area (Å²) in [6.45, 7) is 8.91. The van der Waals surface area contributed by atoms with Crippen molar-refractivity contribution >= 4 is 0 Å². The second kappa shape index (κ2) is 17.6. The minimum atomic E-state index is 1.18. The molecule has 0 N–H and O–H groups in total. The van der Waals surface area contributed by atoms with Gasteiger partial charge in [-0.15, -0.1) is 0 Å². The van der Waals surface area contributed by atoms with E-state index in [0.29, 0.717) is 0 Å². The van der Waals surface area contributed by atoms with Crippen LogP contribution in [0.1, 0.15) is 118 Å². The summed E-state index contributed by atoms with van der Waals surface area (Å²) in [6, 6.07) is 0. The van der Waals surface area contributed by atoms with Crippen LogP contribution in [0.2, 0.25) is 0 Å². The van der Waals surface area contributed by atoms with Gasteiger partial charge < -0.3 is 4.74 Å². The van der Waals surface area contributed by atoms with Gasteiger partial charge in [-0.05, 0) is 50.7 Å². The first-order chi connectivity index (χ1) is 11.2. The first kappa shape index (κ1) is 22.3. The fourth-order valence-corrected chi connectivity index (χ4v) is 2.75. The second-order valence-electron chi connectivity index (χ2n) is 7.10. The van der Waals surface area contributed by atoms with Crippen LogP contribution in [0.4, 0.5) is 0 Å². The predicted molar refractivity (Wildman–Crippen MR) is 105 cm³/mol. The topological polar surface area (TPSA) is 9.23 Å². The van der Waals surface area contributed by atoms with Crippen LogP contribution in [-0.4, -0.2) is 0 Å². The van der Waals surface area contributed by atoms with Crippen molar-refractivity contribution in [2.75, 3.05) is 0 Å². The molecule has 0 spiro atoms. The molecule has 1 heteroatoms. The highest BCUT2D eigenvalue weighted by Crippen LogP contribution is 2.13. The molecule has 0 aliphatic heterocycles. The summed E-state index contributed by atoms with van der Waals surface area (Å²) >= 11 is 0. The first-order valence-electron chi connectivity index (χ1n) is 10.2. The van der Waals surface area contributed by atoms with E-state index in [1.54, 1.807) is 0 Å². The van der Waals surface area contributed by atoms with Gasteiger partial charge in [0.25, 0.3) is 0 Å². The zero-order valence-corrected chi connectivity index (χ0v) is 16.5. The van der Waals surface area contributed by atoms with E-state index in [9.17, 15) is 0 Å². The Labute approximate surface area is 146 Å². The molecule has 0 amide bonds. The Morgan fingerprint density at radius 2 is 0.913 bits per heavy atom. The van der Waals surface area contributed by atoms with E-state index in [1.165, 1.54) is 101 Å². The van der Waals surface area contributed by atoms with Gasteiger partial charge in [0.2, 0.25) is 0 Å². The molecule has 0 aromatic carbocycles. The van der Waals surface area contributed by atoms with Crippen LogP contribution in [0.15, 0.2) is 23.7 Å². The Bertz CT molecular complexity index is 271. The van der Waals surface area contributed by atoms with Gasteiger partial charge in [0.15, 0.2) is 0 Å². The molecule has 23 heavy (non-hydrogen) atoms. The summed E-state index contributed by atoms with van der Waals surface area (Å²) in [7, 11) is 0. The van der Waals surface area contributed by atoms with Gasteiger partial charge >= 0.3 is 0 Å². The van der Waals surface area contributed by atoms with E-state index < -0.39 is 0 Å². The Balaban J connectivity index is 3.58. The molecule has 0 aromatic heterocycles. The quantitative estimate of drug-likeness (QED) is 0.205. The van der Waals surface area contributed by atoms with Crippen molar-refractivity contribution in [2.45, 2.75) is 118 Å². The lowest BCUT2D eigenvalue weighted by Gasteiger charge is -2.04. The maximum absolute atomic E-state index is 5.62. The van der Waals surface area contributed by atoms with Crippen LogP contribution < -0.4 is 0 Å². The van der Waals surface area contributed by atoms with Crippen LogP contribution in [-0.2, 0) is 4.74 Å². The normalized spacial score (nSPS) is 12.7. The molecule has 0 atom stereocenters. The Morgan fingerprint density at radius 3 is 1.30 bits per heavy atom. The van der Waals surface area contributed by atoms with Crippen LogP contribution in [0.25, 0.3) is 0 Å². The molecule has 1 nitrogen and oxygen atoms in total. The molecule has 0 heterocycles. The minimum Gasteiger partial charge on any atom is -0.473 e. The van der Waals surface area contributed by atoms with Crippen LogP contribution in [0.5, 0.6) is 0 Å². The third-order valence-corrected chi connectivity index (χ3v) is 4.39. The number of hydrogen-bond acceptors (Lipinski definition) is 1. The van der Waals surface area contributed by atoms with Crippen molar-refractivity contribution in [3.63, 3.8) is 0 Å². The largest absolute Gasteiger partial charge is 0.473 e. The average Bonchev–Trinajstić information content (AvgIpc) is 2.54. The molecule has 0 rings (SSSR count). The number of hydrogen-bond donors (Lipinski definition) is 0. The van der Waals surface area contributed by atoms with Crippen molar-refractivity contribution in [3.05, 3.63) is 23.7 Å². The summed E-state index contributed by atoms with van der Waals surface area (Å²) in [6.07, 6.45) is 22.6. The fraction of sp³-hybridized carbons (Fsp3) is 0.818. The summed E-state index contributed by atoms with van der Waals surface area (Å²) in [5.41, 5.74) is 2.73. The highest BCUT2D eigenvalue weighted by molar-refractivity contribution is 4.97. The smallest absolute Gasteiger partial charge is 0.0890 e. The van der Waals surface area contributed by atoms with Crippen molar-refractivity contribution in [3.8, 4) is 0 Å². The van der Waals surface area contributed by atoms with Gasteiger partial charge in [0, 0.05) is 0 Å². The second-order valence-corrected chi connectivity index (χ2v) is 7.10. The lowest BCUT2D eigenvalue weighted by molar-refractivity contribution is 0.388. The highest BCUT2D eigenvalue weighted by Gasteiger charge is 1.95. The standard InChI is InChI=1S/C22H42O/c1-5-7-9-11-13-15-17-21(3)19-23-20-22(4)18-16-14-12-10-8-6-2/h19-20H,5-18H2,1-4H3/b21-19+,22-20+. The molecular formula is C22H42O. The Kier molecular flexibility index (Phi) is 17.1. The minimum absolute atomic E-state index is 1.18. The molecule has 0 aromatic rings. The Hall–Kier alpha value is -0.720. The van der Waals surface area contributed by atoms with E-state index in [0.717, 1.165) is 0 Å². The zero-order valence-electron chi connectivity index (χ0n) is 16.5. The molecule has 0 unspecified atom stereocenters. The number of allylic oxidation sites excluding steroid dienone is 2. The summed E-state index contributed by atoms with van der Waals surface area (Å²) in [5, 5.41) is 0. The van der Waals surface area contributed by atoms with E-state index in [1.807, 2.05) is 12.5 Å². The molecule has 136 valence electrons. The van der Waals surface area contributed by atoms with Crippen LogP contribution in [0, 0.1) is 0 Å². The Morgan fingerprint density at radius 1 is 0.565 bits per heavy atom. The maximum Gasteiger partial charge on any atom is 0.0890 e. The summed E-state index contributed by atoms with van der Waals surface area (Å²) in [4.78, 5) is 0. The molecule has 0 saturated heterocycles. The van der Waals surface area contributed by atoms with Crippen molar-refractivity contribution in [1.29, 1.82) is 0 Å². The average molecular weight is 323 g/mol. The van der Waals surface area contributed by atoms with E-state index in [4.69, 9.17) is 4.74 Å². The summed E-state index contributed by atoms with van der Waals surface area (Å²) in [5.74, 6) is 0. The van der Waals surface area contributed by atoms with E-state index in [-0.39, 0.29) is 0 Å². The maximum atomic E-state index is 5.62.